The first-order valence-electron chi connectivity index (χ1n) is 14.1. The predicted octanol–water partition coefficient (Wildman–Crippen LogP) is 5.69. The minimum absolute atomic E-state index is 0.0525. The summed E-state index contributed by atoms with van der Waals surface area (Å²) in [4.78, 5) is 25.7. The Morgan fingerprint density at radius 1 is 0.932 bits per heavy atom. The summed E-state index contributed by atoms with van der Waals surface area (Å²) in [6.45, 7) is 1.12. The number of aromatic nitrogens is 1. The third-order valence-corrected chi connectivity index (χ3v) is 7.64. The van der Waals surface area contributed by atoms with Gasteiger partial charge in [-0.1, -0.05) is 72.3 Å². The molecule has 0 spiro atoms. The number of nitrogens with one attached hydrogen (secondary N) is 3. The van der Waals surface area contributed by atoms with Gasteiger partial charge in [0.1, 0.15) is 18.1 Å². The zero-order valence-electron chi connectivity index (χ0n) is 23.7. The molecule has 0 radical (unpaired) electrons. The number of carbonyl (C=O) groups is 1. The van der Waals surface area contributed by atoms with Crippen molar-refractivity contribution in [3.63, 3.8) is 0 Å². The molecule has 6 N–H and O–H groups in total. The zero-order chi connectivity index (χ0) is 31.1. The van der Waals surface area contributed by atoms with E-state index in [1.165, 1.54) is 12.1 Å². The van der Waals surface area contributed by atoms with E-state index >= 15 is 0 Å². The molecule has 0 aliphatic heterocycles. The van der Waals surface area contributed by atoms with Gasteiger partial charge >= 0.3 is 6.09 Å². The van der Waals surface area contributed by atoms with E-state index in [4.69, 9.17) is 16.3 Å². The molecule has 1 amide bonds. The standard InChI is InChI=1S/C34H32ClN3O6/c35-28-17-21(20-44-25-8-4-7-24(18-25)32(38-34(42)43)23-5-2-1-3-6-23)9-10-22(28)15-16-36-19-30(40)26-11-13-29(39)33-27(26)12-14-31(41)37-33/h1-14,17-18,30,32,36,38-40H,15-16,19-20H2,(H,37,41)(H,42,43)/t30-,32-/m0/s1. The Morgan fingerprint density at radius 2 is 1.73 bits per heavy atom. The number of aromatic hydroxyl groups is 1. The molecule has 4 aromatic carbocycles. The lowest BCUT2D eigenvalue weighted by Crippen LogP contribution is -2.27. The van der Waals surface area contributed by atoms with Crippen LogP contribution in [0, 0.1) is 0 Å². The number of carboxylic acid groups (broad SMARTS) is 1. The highest BCUT2D eigenvalue weighted by atomic mass is 35.5. The fourth-order valence-corrected chi connectivity index (χ4v) is 5.38. The Labute approximate surface area is 258 Å². The second-order valence-corrected chi connectivity index (χ2v) is 10.7. The van der Waals surface area contributed by atoms with E-state index in [1.807, 2.05) is 72.8 Å². The minimum Gasteiger partial charge on any atom is -0.506 e. The van der Waals surface area contributed by atoms with Crippen molar-refractivity contribution in [1.29, 1.82) is 0 Å². The number of fused-ring (bicyclic) bond motifs is 1. The summed E-state index contributed by atoms with van der Waals surface area (Å²) < 4.78 is 6.02. The van der Waals surface area contributed by atoms with Crippen LogP contribution in [0.3, 0.4) is 0 Å². The van der Waals surface area contributed by atoms with Gasteiger partial charge in [-0.25, -0.2) is 4.79 Å². The summed E-state index contributed by atoms with van der Waals surface area (Å²) in [5, 5.41) is 37.2. The number of aliphatic hydroxyl groups excluding tert-OH is 1. The number of aromatic amines is 1. The maximum Gasteiger partial charge on any atom is 0.405 e. The summed E-state index contributed by atoms with van der Waals surface area (Å²) in [5.41, 5.74) is 3.97. The number of hydrogen-bond donors (Lipinski definition) is 6. The monoisotopic (exact) mass is 613 g/mol. The van der Waals surface area contributed by atoms with Gasteiger partial charge in [-0.2, -0.15) is 0 Å². The fourth-order valence-electron chi connectivity index (χ4n) is 5.08. The van der Waals surface area contributed by atoms with Gasteiger partial charge in [0.2, 0.25) is 5.56 Å². The lowest BCUT2D eigenvalue weighted by atomic mass is 9.98. The summed E-state index contributed by atoms with van der Waals surface area (Å²) >= 11 is 6.58. The smallest absolute Gasteiger partial charge is 0.405 e. The van der Waals surface area contributed by atoms with Crippen LogP contribution in [0.25, 0.3) is 10.9 Å². The van der Waals surface area contributed by atoms with Crippen LogP contribution in [0.1, 0.15) is 40.0 Å². The molecule has 0 aliphatic carbocycles. The molecule has 9 nitrogen and oxygen atoms in total. The lowest BCUT2D eigenvalue weighted by molar-refractivity contribution is 0.176. The molecule has 44 heavy (non-hydrogen) atoms. The van der Waals surface area contributed by atoms with E-state index in [0.717, 1.165) is 22.3 Å². The SMILES string of the molecule is O=C(O)N[C@@H](c1ccccc1)c1cccc(OCc2ccc(CCNC[C@H](O)c3ccc(O)c4[nH]c(=O)ccc34)c(Cl)c2)c1. The number of benzene rings is 4. The van der Waals surface area contributed by atoms with E-state index < -0.39 is 18.2 Å². The van der Waals surface area contributed by atoms with Crippen molar-refractivity contribution in [3.05, 3.63) is 140 Å². The first kappa shape index (κ1) is 30.6. The molecule has 5 rings (SSSR count). The van der Waals surface area contributed by atoms with E-state index in [9.17, 15) is 24.9 Å². The quantitative estimate of drug-likeness (QED) is 0.0992. The van der Waals surface area contributed by atoms with Crippen LogP contribution in [0.2, 0.25) is 5.02 Å². The summed E-state index contributed by atoms with van der Waals surface area (Å²) in [6.07, 6.45) is -1.33. The largest absolute Gasteiger partial charge is 0.506 e. The molecule has 0 unspecified atom stereocenters. The van der Waals surface area contributed by atoms with Crippen molar-refractivity contribution in [3.8, 4) is 11.5 Å². The molecular weight excluding hydrogens is 582 g/mol. The van der Waals surface area contributed by atoms with E-state index in [1.54, 1.807) is 12.1 Å². The van der Waals surface area contributed by atoms with Gasteiger partial charge in [-0.3, -0.25) is 4.79 Å². The maximum atomic E-state index is 11.6. The number of hydrogen-bond acceptors (Lipinski definition) is 6. The molecular formula is C34H32ClN3O6. The highest BCUT2D eigenvalue weighted by Gasteiger charge is 2.17. The zero-order valence-corrected chi connectivity index (χ0v) is 24.4. The fraction of sp³-hybridized carbons (Fsp3) is 0.176. The molecule has 2 atom stereocenters. The number of H-pyrrole nitrogens is 1. The van der Waals surface area contributed by atoms with Gasteiger partial charge < -0.3 is 35.7 Å². The van der Waals surface area contributed by atoms with Gasteiger partial charge in [0, 0.05) is 23.0 Å². The molecule has 5 aromatic rings. The van der Waals surface area contributed by atoms with Crippen molar-refractivity contribution in [2.75, 3.05) is 13.1 Å². The van der Waals surface area contributed by atoms with Crippen molar-refractivity contribution in [1.82, 2.24) is 15.6 Å². The Bertz CT molecular complexity index is 1810. The van der Waals surface area contributed by atoms with Crippen molar-refractivity contribution in [2.45, 2.75) is 25.2 Å². The third-order valence-electron chi connectivity index (χ3n) is 7.29. The number of phenolic OH excluding ortho intramolecular Hbond substituents is 1. The Morgan fingerprint density at radius 3 is 2.50 bits per heavy atom. The second-order valence-electron chi connectivity index (χ2n) is 10.3. The van der Waals surface area contributed by atoms with Crippen LogP contribution in [0.15, 0.2) is 102 Å². The highest BCUT2D eigenvalue weighted by molar-refractivity contribution is 6.31. The van der Waals surface area contributed by atoms with Crippen LogP contribution in [-0.2, 0) is 13.0 Å². The Kier molecular flexibility index (Phi) is 9.81. The number of pyridine rings is 1. The number of halogens is 1. The van der Waals surface area contributed by atoms with E-state index in [-0.39, 0.29) is 24.5 Å². The van der Waals surface area contributed by atoms with E-state index in [0.29, 0.717) is 40.2 Å². The number of ether oxygens (including phenoxy) is 1. The number of amides is 1. The predicted molar refractivity (Wildman–Crippen MR) is 169 cm³/mol. The molecule has 0 bridgehead atoms. The van der Waals surface area contributed by atoms with Crippen LogP contribution in [0.5, 0.6) is 11.5 Å². The lowest BCUT2D eigenvalue weighted by Gasteiger charge is -2.19. The van der Waals surface area contributed by atoms with Gasteiger partial charge in [-0.15, -0.1) is 0 Å². The number of phenols is 1. The van der Waals surface area contributed by atoms with E-state index in [2.05, 4.69) is 15.6 Å². The first-order valence-corrected chi connectivity index (χ1v) is 14.4. The molecule has 1 heterocycles. The average Bonchev–Trinajstić information content (AvgIpc) is 3.02. The molecule has 10 heteroatoms. The number of rotatable bonds is 12. The summed E-state index contributed by atoms with van der Waals surface area (Å²) in [6, 6.07) is 27.9. The van der Waals surface area contributed by atoms with Crippen LogP contribution in [-0.4, -0.2) is 39.5 Å². The average molecular weight is 614 g/mol. The molecule has 0 fully saturated rings. The molecule has 1 aromatic heterocycles. The van der Waals surface area contributed by atoms with Crippen LogP contribution in [0.4, 0.5) is 4.79 Å². The topological polar surface area (TPSA) is 144 Å². The number of aliphatic hydroxyl groups is 1. The molecule has 0 saturated heterocycles. The summed E-state index contributed by atoms with van der Waals surface area (Å²) in [7, 11) is 0. The van der Waals surface area contributed by atoms with Gasteiger partial charge in [-0.05, 0) is 71.1 Å². The summed E-state index contributed by atoms with van der Waals surface area (Å²) in [5.74, 6) is 0.551. The Hall–Kier alpha value is -4.83. The van der Waals surface area contributed by atoms with Crippen molar-refractivity contribution >= 4 is 28.6 Å². The van der Waals surface area contributed by atoms with Crippen molar-refractivity contribution < 1.29 is 24.9 Å². The molecule has 226 valence electrons. The van der Waals surface area contributed by atoms with Gasteiger partial charge in [0.05, 0.1) is 17.7 Å². The van der Waals surface area contributed by atoms with Crippen LogP contribution >= 0.6 is 11.6 Å². The molecule has 0 saturated carbocycles. The third kappa shape index (κ3) is 7.57. The van der Waals surface area contributed by atoms with Gasteiger partial charge in [0.25, 0.3) is 0 Å². The Balaban J connectivity index is 1.15. The second kappa shape index (κ2) is 14.1. The van der Waals surface area contributed by atoms with Gasteiger partial charge in [0.15, 0.2) is 0 Å². The normalized spacial score (nSPS) is 12.5. The molecule has 0 aliphatic rings. The highest BCUT2D eigenvalue weighted by Crippen LogP contribution is 2.29. The minimum atomic E-state index is -1.11. The first-order chi connectivity index (χ1) is 21.3. The van der Waals surface area contributed by atoms with Crippen molar-refractivity contribution in [2.24, 2.45) is 0 Å². The maximum absolute atomic E-state index is 11.6. The van der Waals surface area contributed by atoms with Crippen LogP contribution < -0.4 is 20.9 Å².